The fourth-order valence-electron chi connectivity index (χ4n) is 2.60. The van der Waals surface area contributed by atoms with Crippen LogP contribution in [-0.2, 0) is 11.2 Å². The molecule has 0 aliphatic carbocycles. The van der Waals surface area contributed by atoms with Gasteiger partial charge in [-0.25, -0.2) is 0 Å². The molecule has 0 radical (unpaired) electrons. The van der Waals surface area contributed by atoms with Crippen LogP contribution in [0.15, 0.2) is 42.5 Å². The van der Waals surface area contributed by atoms with E-state index >= 15 is 0 Å². The summed E-state index contributed by atoms with van der Waals surface area (Å²) >= 11 is 0. The van der Waals surface area contributed by atoms with E-state index in [0.29, 0.717) is 23.7 Å². The Labute approximate surface area is 139 Å². The Kier molecular flexibility index (Phi) is 4.69. The average Bonchev–Trinajstić information content (AvgIpc) is 2.94. The second-order valence-corrected chi connectivity index (χ2v) is 5.70. The van der Waals surface area contributed by atoms with E-state index in [9.17, 15) is 4.79 Å². The minimum absolute atomic E-state index is 0.0229. The molecule has 1 atom stereocenters. The SMILES string of the molecule is Cc1nnc2ccc(NC(CCC(=O)O)Cc3ccccc3)nn12. The lowest BCUT2D eigenvalue weighted by atomic mass is 10.0. The summed E-state index contributed by atoms with van der Waals surface area (Å²) in [5, 5.41) is 24.8. The lowest BCUT2D eigenvalue weighted by Gasteiger charge is -2.19. The van der Waals surface area contributed by atoms with Crippen LogP contribution in [-0.4, -0.2) is 36.9 Å². The molecule has 0 aliphatic heterocycles. The lowest BCUT2D eigenvalue weighted by Crippen LogP contribution is -2.24. The van der Waals surface area contributed by atoms with Gasteiger partial charge in [-0.2, -0.15) is 4.52 Å². The molecular formula is C17H19N5O2. The highest BCUT2D eigenvalue weighted by atomic mass is 16.4. The van der Waals surface area contributed by atoms with Gasteiger partial charge in [0.25, 0.3) is 0 Å². The molecule has 0 spiro atoms. The fraction of sp³-hybridized carbons (Fsp3) is 0.294. The molecule has 2 heterocycles. The molecule has 7 heteroatoms. The van der Waals surface area contributed by atoms with Gasteiger partial charge in [0.05, 0.1) is 0 Å². The molecule has 3 rings (SSSR count). The number of hydrogen-bond acceptors (Lipinski definition) is 5. The molecule has 1 unspecified atom stereocenters. The van der Waals surface area contributed by atoms with Crippen molar-refractivity contribution in [2.75, 3.05) is 5.32 Å². The van der Waals surface area contributed by atoms with E-state index in [1.807, 2.05) is 49.4 Å². The quantitative estimate of drug-likeness (QED) is 0.692. The maximum atomic E-state index is 10.9. The average molecular weight is 325 g/mol. The molecule has 1 aromatic carbocycles. The molecule has 0 fully saturated rings. The van der Waals surface area contributed by atoms with Crippen molar-refractivity contribution in [2.45, 2.75) is 32.2 Å². The maximum absolute atomic E-state index is 10.9. The molecular weight excluding hydrogens is 306 g/mol. The number of aryl methyl sites for hydroxylation is 1. The van der Waals surface area contributed by atoms with Gasteiger partial charge in [-0.05, 0) is 37.5 Å². The van der Waals surface area contributed by atoms with Gasteiger partial charge in [0, 0.05) is 12.5 Å². The minimum atomic E-state index is -0.798. The van der Waals surface area contributed by atoms with Crippen molar-refractivity contribution in [3.63, 3.8) is 0 Å². The van der Waals surface area contributed by atoms with Gasteiger partial charge in [-0.1, -0.05) is 30.3 Å². The van der Waals surface area contributed by atoms with E-state index in [-0.39, 0.29) is 12.5 Å². The standard InChI is InChI=1S/C17H19N5O2/c1-12-19-20-16-9-8-15(21-22(12)16)18-14(7-10-17(23)24)11-13-5-3-2-4-6-13/h2-6,8-9,14H,7,10-11H2,1H3,(H,18,21)(H,23,24). The minimum Gasteiger partial charge on any atom is -0.481 e. The first-order valence-electron chi connectivity index (χ1n) is 7.83. The summed E-state index contributed by atoms with van der Waals surface area (Å²) in [6.45, 7) is 1.84. The van der Waals surface area contributed by atoms with Crippen LogP contribution in [0, 0.1) is 6.92 Å². The van der Waals surface area contributed by atoms with Gasteiger partial charge in [0.1, 0.15) is 5.82 Å². The summed E-state index contributed by atoms with van der Waals surface area (Å²) in [5.74, 6) is 0.587. The van der Waals surface area contributed by atoms with Gasteiger partial charge in [0.15, 0.2) is 11.5 Å². The first-order valence-corrected chi connectivity index (χ1v) is 7.83. The topological polar surface area (TPSA) is 92.4 Å². The molecule has 0 saturated carbocycles. The van der Waals surface area contributed by atoms with E-state index in [1.165, 1.54) is 0 Å². The third-order valence-corrected chi connectivity index (χ3v) is 3.80. The molecule has 3 aromatic rings. The van der Waals surface area contributed by atoms with Crippen LogP contribution >= 0.6 is 0 Å². The molecule has 0 amide bonds. The largest absolute Gasteiger partial charge is 0.481 e. The van der Waals surface area contributed by atoms with Crippen LogP contribution < -0.4 is 5.32 Å². The monoisotopic (exact) mass is 325 g/mol. The van der Waals surface area contributed by atoms with Crippen LogP contribution in [0.25, 0.3) is 5.65 Å². The number of carboxylic acids is 1. The summed E-state index contributed by atoms with van der Waals surface area (Å²) in [6, 6.07) is 13.7. The van der Waals surface area contributed by atoms with Gasteiger partial charge in [0.2, 0.25) is 0 Å². The van der Waals surface area contributed by atoms with E-state index in [2.05, 4.69) is 20.6 Å². The Morgan fingerprint density at radius 2 is 2.00 bits per heavy atom. The first kappa shape index (κ1) is 15.9. The Hall–Kier alpha value is -2.96. The number of carbonyl (C=O) groups is 1. The normalized spacial score (nSPS) is 12.2. The van der Waals surface area contributed by atoms with Crippen molar-refractivity contribution in [3.05, 3.63) is 53.9 Å². The van der Waals surface area contributed by atoms with E-state index in [1.54, 1.807) is 4.52 Å². The van der Waals surface area contributed by atoms with Crippen molar-refractivity contribution in [2.24, 2.45) is 0 Å². The molecule has 0 bridgehead atoms. The number of aliphatic carboxylic acids is 1. The lowest BCUT2D eigenvalue weighted by molar-refractivity contribution is -0.137. The Balaban J connectivity index is 1.78. The highest BCUT2D eigenvalue weighted by molar-refractivity contribution is 5.66. The smallest absolute Gasteiger partial charge is 0.303 e. The fourth-order valence-corrected chi connectivity index (χ4v) is 2.60. The third-order valence-electron chi connectivity index (χ3n) is 3.80. The second-order valence-electron chi connectivity index (χ2n) is 5.70. The summed E-state index contributed by atoms with van der Waals surface area (Å²) in [6.07, 6.45) is 1.36. The van der Waals surface area contributed by atoms with Crippen molar-refractivity contribution < 1.29 is 9.90 Å². The van der Waals surface area contributed by atoms with Crippen molar-refractivity contribution in [1.82, 2.24) is 19.8 Å². The molecule has 2 aromatic heterocycles. The zero-order chi connectivity index (χ0) is 16.9. The van der Waals surface area contributed by atoms with Gasteiger partial charge in [-0.3, -0.25) is 4.79 Å². The zero-order valence-electron chi connectivity index (χ0n) is 13.4. The second kappa shape index (κ2) is 7.08. The van der Waals surface area contributed by atoms with E-state index < -0.39 is 5.97 Å². The van der Waals surface area contributed by atoms with Crippen molar-refractivity contribution in [1.29, 1.82) is 0 Å². The zero-order valence-corrected chi connectivity index (χ0v) is 13.4. The predicted octanol–water partition coefficient (Wildman–Crippen LogP) is 2.32. The molecule has 0 aliphatic rings. The Morgan fingerprint density at radius 3 is 2.75 bits per heavy atom. The summed E-state index contributed by atoms with van der Waals surface area (Å²) in [5.41, 5.74) is 1.84. The van der Waals surface area contributed by atoms with Crippen LogP contribution in [0.3, 0.4) is 0 Å². The van der Waals surface area contributed by atoms with E-state index in [4.69, 9.17) is 5.11 Å². The van der Waals surface area contributed by atoms with Crippen LogP contribution in [0.1, 0.15) is 24.2 Å². The summed E-state index contributed by atoms with van der Waals surface area (Å²) < 4.78 is 1.67. The molecule has 124 valence electrons. The van der Waals surface area contributed by atoms with Gasteiger partial charge < -0.3 is 10.4 Å². The highest BCUT2D eigenvalue weighted by Crippen LogP contribution is 2.14. The number of hydrogen-bond donors (Lipinski definition) is 2. The molecule has 2 N–H and O–H groups in total. The number of aromatic nitrogens is 4. The Bertz CT molecular complexity index is 831. The third kappa shape index (κ3) is 3.87. The number of benzene rings is 1. The van der Waals surface area contributed by atoms with Crippen LogP contribution in [0.5, 0.6) is 0 Å². The number of anilines is 1. The molecule has 24 heavy (non-hydrogen) atoms. The first-order chi connectivity index (χ1) is 11.6. The number of rotatable bonds is 7. The van der Waals surface area contributed by atoms with E-state index in [0.717, 1.165) is 12.0 Å². The molecule has 0 saturated heterocycles. The maximum Gasteiger partial charge on any atom is 0.303 e. The van der Waals surface area contributed by atoms with Gasteiger partial charge in [-0.15, -0.1) is 15.3 Å². The number of nitrogens with zero attached hydrogens (tertiary/aromatic N) is 4. The summed E-state index contributed by atoms with van der Waals surface area (Å²) in [7, 11) is 0. The number of carboxylic acid groups (broad SMARTS) is 1. The van der Waals surface area contributed by atoms with Gasteiger partial charge >= 0.3 is 5.97 Å². The van der Waals surface area contributed by atoms with Crippen molar-refractivity contribution in [3.8, 4) is 0 Å². The Morgan fingerprint density at radius 1 is 1.21 bits per heavy atom. The summed E-state index contributed by atoms with van der Waals surface area (Å²) in [4.78, 5) is 10.9. The molecule has 7 nitrogen and oxygen atoms in total. The number of nitrogens with one attached hydrogen (secondary N) is 1. The van der Waals surface area contributed by atoms with Crippen LogP contribution in [0.4, 0.5) is 5.82 Å². The highest BCUT2D eigenvalue weighted by Gasteiger charge is 2.13. The number of fused-ring (bicyclic) bond motifs is 1. The van der Waals surface area contributed by atoms with Crippen molar-refractivity contribution >= 4 is 17.4 Å². The van der Waals surface area contributed by atoms with Crippen LogP contribution in [0.2, 0.25) is 0 Å². The predicted molar refractivity (Wildman–Crippen MR) is 89.9 cm³/mol.